The van der Waals surface area contributed by atoms with E-state index < -0.39 is 17.7 Å². The molecule has 2 heterocycles. The lowest BCUT2D eigenvalue weighted by Crippen LogP contribution is -2.23. The highest BCUT2D eigenvalue weighted by Crippen LogP contribution is 2.20. The van der Waals surface area contributed by atoms with E-state index in [1.165, 1.54) is 4.68 Å². The van der Waals surface area contributed by atoms with Crippen LogP contribution in [0.1, 0.15) is 28.8 Å². The van der Waals surface area contributed by atoms with Gasteiger partial charge in [0, 0.05) is 6.54 Å². The first kappa shape index (κ1) is 14.2. The van der Waals surface area contributed by atoms with Gasteiger partial charge in [0.05, 0.1) is 24.1 Å². The highest BCUT2D eigenvalue weighted by Gasteiger charge is 2.41. The zero-order chi connectivity index (χ0) is 14.9. The molecule has 0 N–H and O–H groups in total. The summed E-state index contributed by atoms with van der Waals surface area (Å²) in [7, 11) is 0. The Hall–Kier alpha value is -2.19. The second-order valence-electron chi connectivity index (χ2n) is 4.22. The van der Waals surface area contributed by atoms with Crippen molar-refractivity contribution in [3.8, 4) is 0 Å². The second-order valence-corrected chi connectivity index (χ2v) is 4.22. The van der Waals surface area contributed by atoms with Gasteiger partial charge in [-0.25, -0.2) is 4.68 Å². The van der Waals surface area contributed by atoms with Gasteiger partial charge in [0.15, 0.2) is 5.69 Å². The van der Waals surface area contributed by atoms with Gasteiger partial charge in [0.2, 0.25) is 0 Å². The number of carbonyl (C=O) groups excluding carboxylic acids is 1. The summed E-state index contributed by atoms with van der Waals surface area (Å²) in [5.41, 5.74) is 0.867. The second kappa shape index (κ2) is 5.06. The summed E-state index contributed by atoms with van der Waals surface area (Å²) in [6.45, 7) is 4.55. The van der Waals surface area contributed by atoms with E-state index in [1.807, 2.05) is 13.8 Å². The fourth-order valence-corrected chi connectivity index (χ4v) is 1.79. The molecular weight excluding hydrogens is 275 g/mol. The number of halogens is 3. The molecule has 0 aliphatic heterocycles. The van der Waals surface area contributed by atoms with Crippen molar-refractivity contribution in [2.45, 2.75) is 33.1 Å². The molecule has 0 saturated carbocycles. The third-order valence-electron chi connectivity index (χ3n) is 2.64. The van der Waals surface area contributed by atoms with E-state index in [0.717, 1.165) is 17.6 Å². The maximum absolute atomic E-state index is 12.3. The molecule has 0 saturated heterocycles. The molecule has 2 aromatic rings. The molecular formula is C11H12F3N5O. The molecule has 0 amide bonds. The molecule has 0 spiro atoms. The van der Waals surface area contributed by atoms with Gasteiger partial charge in [-0.2, -0.15) is 18.3 Å². The summed E-state index contributed by atoms with van der Waals surface area (Å²) < 4.78 is 39.6. The van der Waals surface area contributed by atoms with Crippen molar-refractivity contribution < 1.29 is 18.0 Å². The third kappa shape index (κ3) is 2.86. The van der Waals surface area contributed by atoms with E-state index in [2.05, 4.69) is 15.4 Å². The number of nitrogens with zero attached hydrogens (tertiary/aromatic N) is 5. The van der Waals surface area contributed by atoms with Crippen molar-refractivity contribution in [1.82, 2.24) is 24.8 Å². The van der Waals surface area contributed by atoms with Crippen molar-refractivity contribution in [3.63, 3.8) is 0 Å². The number of hydrogen-bond donors (Lipinski definition) is 0. The van der Waals surface area contributed by atoms with Crippen LogP contribution < -0.4 is 0 Å². The molecule has 20 heavy (non-hydrogen) atoms. The van der Waals surface area contributed by atoms with Crippen molar-refractivity contribution in [2.24, 2.45) is 0 Å². The zero-order valence-corrected chi connectivity index (χ0v) is 10.8. The van der Waals surface area contributed by atoms with Gasteiger partial charge in [-0.1, -0.05) is 5.21 Å². The van der Waals surface area contributed by atoms with Crippen LogP contribution >= 0.6 is 0 Å². The Morgan fingerprint density at radius 1 is 1.40 bits per heavy atom. The van der Waals surface area contributed by atoms with Gasteiger partial charge in [-0.05, 0) is 19.9 Å². The van der Waals surface area contributed by atoms with E-state index in [1.54, 1.807) is 10.7 Å². The molecule has 6 nitrogen and oxygen atoms in total. The highest BCUT2D eigenvalue weighted by atomic mass is 19.4. The van der Waals surface area contributed by atoms with Gasteiger partial charge in [-0.15, -0.1) is 5.10 Å². The molecule has 0 bridgehead atoms. The van der Waals surface area contributed by atoms with Crippen molar-refractivity contribution >= 4 is 5.78 Å². The Balaban J connectivity index is 2.20. The molecule has 0 fully saturated rings. The summed E-state index contributed by atoms with van der Waals surface area (Å²) in [5.74, 6) is -2.00. The lowest BCUT2D eigenvalue weighted by atomic mass is 10.3. The topological polar surface area (TPSA) is 65.6 Å². The maximum atomic E-state index is 12.3. The summed E-state index contributed by atoms with van der Waals surface area (Å²) in [6.07, 6.45) is -3.96. The van der Waals surface area contributed by atoms with Crippen LogP contribution in [0.3, 0.4) is 0 Å². The van der Waals surface area contributed by atoms with Gasteiger partial charge in [-0.3, -0.25) is 9.48 Å². The number of hydrogen-bond acceptors (Lipinski definition) is 4. The number of rotatable bonds is 4. The Kier molecular flexibility index (Phi) is 3.60. The molecule has 2 rings (SSSR count). The van der Waals surface area contributed by atoms with E-state index >= 15 is 0 Å². The first-order chi connectivity index (χ1) is 9.31. The molecule has 0 atom stereocenters. The molecule has 108 valence electrons. The van der Waals surface area contributed by atoms with Crippen LogP contribution in [0.25, 0.3) is 0 Å². The third-order valence-corrected chi connectivity index (χ3v) is 2.64. The molecule has 9 heteroatoms. The monoisotopic (exact) mass is 287 g/mol. The van der Waals surface area contributed by atoms with Crippen molar-refractivity contribution in [3.05, 3.63) is 29.3 Å². The maximum Gasteiger partial charge on any atom is 0.456 e. The predicted molar refractivity (Wildman–Crippen MR) is 62.1 cm³/mol. The van der Waals surface area contributed by atoms with Gasteiger partial charge in [0.1, 0.15) is 0 Å². The van der Waals surface area contributed by atoms with Crippen LogP contribution in [0.5, 0.6) is 0 Å². The van der Waals surface area contributed by atoms with Gasteiger partial charge < -0.3 is 0 Å². The minimum atomic E-state index is -4.94. The average Bonchev–Trinajstić information content (AvgIpc) is 2.94. The SMILES string of the molecule is CCn1nc(C)cc1Cn1cc(C(=O)C(F)(F)F)nn1. The lowest BCUT2D eigenvalue weighted by molar-refractivity contribution is -0.0888. The van der Waals surface area contributed by atoms with E-state index in [-0.39, 0.29) is 6.54 Å². The molecule has 0 aliphatic carbocycles. The normalized spacial score (nSPS) is 11.8. The first-order valence-electron chi connectivity index (χ1n) is 5.86. The van der Waals surface area contributed by atoms with Gasteiger partial charge in [0.25, 0.3) is 5.78 Å². The number of alkyl halides is 3. The molecule has 0 radical (unpaired) electrons. The number of aryl methyl sites for hydroxylation is 2. The van der Waals surface area contributed by atoms with E-state index in [0.29, 0.717) is 6.54 Å². The zero-order valence-electron chi connectivity index (χ0n) is 10.8. The fourth-order valence-electron chi connectivity index (χ4n) is 1.79. The highest BCUT2D eigenvalue weighted by molar-refractivity contribution is 5.98. The number of Topliss-reactive ketones (excluding diaryl/α,β-unsaturated/α-hetero) is 1. The van der Waals surface area contributed by atoms with Crippen LogP contribution in [0.4, 0.5) is 13.2 Å². The largest absolute Gasteiger partial charge is 0.456 e. The average molecular weight is 287 g/mol. The summed E-state index contributed by atoms with van der Waals surface area (Å²) >= 11 is 0. The van der Waals surface area contributed by atoms with Crippen molar-refractivity contribution in [2.75, 3.05) is 0 Å². The Labute approximate surface area is 112 Å². The van der Waals surface area contributed by atoms with E-state index in [9.17, 15) is 18.0 Å². The fraction of sp³-hybridized carbons (Fsp3) is 0.455. The van der Waals surface area contributed by atoms with Crippen molar-refractivity contribution in [1.29, 1.82) is 0 Å². The van der Waals surface area contributed by atoms with Crippen LogP contribution in [0, 0.1) is 6.92 Å². The van der Waals surface area contributed by atoms with Gasteiger partial charge >= 0.3 is 6.18 Å². The van der Waals surface area contributed by atoms with Crippen LogP contribution in [0.15, 0.2) is 12.3 Å². The van der Waals surface area contributed by atoms with E-state index in [4.69, 9.17) is 0 Å². The minimum absolute atomic E-state index is 0.201. The Morgan fingerprint density at radius 2 is 2.10 bits per heavy atom. The Bertz CT molecular complexity index is 628. The summed E-state index contributed by atoms with van der Waals surface area (Å²) in [6, 6.07) is 1.80. The lowest BCUT2D eigenvalue weighted by Gasteiger charge is -2.03. The summed E-state index contributed by atoms with van der Waals surface area (Å²) in [4.78, 5) is 11.0. The quantitative estimate of drug-likeness (QED) is 0.801. The van der Waals surface area contributed by atoms with Crippen LogP contribution in [-0.2, 0) is 13.1 Å². The Morgan fingerprint density at radius 3 is 2.70 bits per heavy atom. The number of aromatic nitrogens is 5. The minimum Gasteiger partial charge on any atom is -0.282 e. The molecule has 0 unspecified atom stereocenters. The molecule has 2 aromatic heterocycles. The molecule has 0 aliphatic rings. The smallest absolute Gasteiger partial charge is 0.282 e. The number of carbonyl (C=O) groups is 1. The summed E-state index contributed by atoms with van der Waals surface area (Å²) in [5, 5.41) is 11.0. The predicted octanol–water partition coefficient (Wildman–Crippen LogP) is 1.60. The van der Waals surface area contributed by atoms with Crippen LogP contribution in [0.2, 0.25) is 0 Å². The molecule has 0 aromatic carbocycles. The standard InChI is InChI=1S/C11H12F3N5O/c1-3-19-8(4-7(2)16-19)5-18-6-9(15-17-18)10(20)11(12,13)14/h4,6H,3,5H2,1-2H3. The van der Waals surface area contributed by atoms with Crippen LogP contribution in [-0.4, -0.2) is 36.7 Å². The number of ketones is 1. The first-order valence-corrected chi connectivity index (χ1v) is 5.86.